The standard InChI is InChI=1S/C19H9BrF2N2O.CH3FO3S/c1-19(2)9-3-7-10(20)4-6(9)17(25)13-12-11(7)14(21)8(5-23)15(22)16(12)24-18(13)19;1-6(3,4)5-2/h3-4,24H,1-2H3;1H3. The van der Waals surface area contributed by atoms with Gasteiger partial charge in [-0.25, -0.2) is 8.78 Å². The fourth-order valence-electron chi connectivity index (χ4n) is 4.16. The summed E-state index contributed by atoms with van der Waals surface area (Å²) in [6.07, 6.45) is 0.618. The Labute approximate surface area is 182 Å². The molecule has 0 saturated carbocycles. The minimum Gasteiger partial charge on any atom is -0.355 e. The van der Waals surface area contributed by atoms with Crippen LogP contribution in [0.2, 0.25) is 0 Å². The van der Waals surface area contributed by atoms with E-state index in [0.717, 1.165) is 5.56 Å². The lowest BCUT2D eigenvalue weighted by molar-refractivity contribution is 0.00420. The van der Waals surface area contributed by atoms with Gasteiger partial charge in [-0.15, -0.1) is 0 Å². The van der Waals surface area contributed by atoms with Crippen molar-refractivity contribution in [3.05, 3.63) is 56.2 Å². The van der Waals surface area contributed by atoms with E-state index in [4.69, 9.17) is 0 Å². The number of hydrogen-bond donors (Lipinski definition) is 1. The van der Waals surface area contributed by atoms with Crippen LogP contribution in [-0.4, -0.2) is 25.4 Å². The number of ketones is 1. The van der Waals surface area contributed by atoms with Crippen molar-refractivity contribution in [2.45, 2.75) is 19.3 Å². The monoisotopic (exact) mass is 512 g/mol. The molecule has 3 aromatic rings. The van der Waals surface area contributed by atoms with Crippen molar-refractivity contribution in [1.82, 2.24) is 4.98 Å². The third-order valence-corrected chi connectivity index (χ3v) is 6.39. The first-order chi connectivity index (χ1) is 14.3. The van der Waals surface area contributed by atoms with Gasteiger partial charge in [0.25, 0.3) is 10.1 Å². The summed E-state index contributed by atoms with van der Waals surface area (Å²) < 4.78 is 62.0. The van der Waals surface area contributed by atoms with Crippen molar-refractivity contribution in [3.63, 3.8) is 0 Å². The molecule has 0 atom stereocenters. The van der Waals surface area contributed by atoms with E-state index in [1.54, 1.807) is 18.2 Å². The second-order valence-electron chi connectivity index (χ2n) is 7.71. The Morgan fingerprint density at radius 3 is 2.32 bits per heavy atom. The Morgan fingerprint density at radius 1 is 1.16 bits per heavy atom. The molecular weight excluding hydrogens is 501 g/mol. The highest BCUT2D eigenvalue weighted by atomic mass is 79.9. The van der Waals surface area contributed by atoms with Gasteiger partial charge in [-0.1, -0.05) is 34.2 Å². The third-order valence-electron chi connectivity index (χ3n) is 5.50. The fraction of sp³-hybridized carbons (Fsp3) is 0.200. The molecule has 160 valence electrons. The Bertz CT molecular complexity index is 1490. The maximum atomic E-state index is 15.1. The average Bonchev–Trinajstić information content (AvgIpc) is 3.09. The third kappa shape index (κ3) is 2.86. The molecular formula is C20H12BrF3N2O4S. The zero-order chi connectivity index (χ0) is 23.0. The van der Waals surface area contributed by atoms with Crippen LogP contribution in [-0.2, 0) is 19.9 Å². The van der Waals surface area contributed by atoms with E-state index in [9.17, 15) is 27.4 Å². The molecule has 1 heterocycles. The SMILES string of the molecule is CC1(C)c2cc3c(Br)cc2C(=O)c2c1[nH]c1c(F)c(C#N)c(F)c-3c21.CS(=O)(=O)OF. The van der Waals surface area contributed by atoms with Crippen molar-refractivity contribution in [2.75, 3.05) is 6.26 Å². The molecule has 1 N–H and O–H groups in total. The van der Waals surface area contributed by atoms with E-state index in [2.05, 4.69) is 25.3 Å². The van der Waals surface area contributed by atoms with Gasteiger partial charge >= 0.3 is 0 Å². The molecule has 3 aliphatic carbocycles. The van der Waals surface area contributed by atoms with E-state index in [1.807, 2.05) is 13.8 Å². The number of halogens is 4. The minimum atomic E-state index is -3.83. The van der Waals surface area contributed by atoms with Crippen molar-refractivity contribution >= 4 is 42.7 Å². The smallest absolute Gasteiger partial charge is 0.295 e. The quantitative estimate of drug-likeness (QED) is 0.395. The van der Waals surface area contributed by atoms with Crippen LogP contribution in [0.1, 0.15) is 46.6 Å². The van der Waals surface area contributed by atoms with Crippen molar-refractivity contribution < 1.29 is 30.9 Å². The van der Waals surface area contributed by atoms with Crippen molar-refractivity contribution in [3.8, 4) is 17.2 Å². The van der Waals surface area contributed by atoms with E-state index >= 15 is 4.39 Å². The van der Waals surface area contributed by atoms with Crippen LogP contribution in [0.5, 0.6) is 0 Å². The van der Waals surface area contributed by atoms with Gasteiger partial charge < -0.3 is 4.98 Å². The average molecular weight is 513 g/mol. The summed E-state index contributed by atoms with van der Waals surface area (Å²) >= 11 is 3.40. The summed E-state index contributed by atoms with van der Waals surface area (Å²) in [6.45, 7) is 3.88. The Balaban J connectivity index is 0.000000342. The number of benzene rings is 2. The number of H-pyrrole nitrogens is 1. The predicted octanol–water partition coefficient (Wildman–Crippen LogP) is 4.78. The second-order valence-corrected chi connectivity index (χ2v) is 10.1. The number of rotatable bonds is 1. The number of hydrogen-bond acceptors (Lipinski definition) is 5. The van der Waals surface area contributed by atoms with Crippen LogP contribution in [0.25, 0.3) is 22.0 Å². The number of carbonyl (C=O) groups excluding carboxylic acids is 1. The largest absolute Gasteiger partial charge is 0.355 e. The number of carbonyl (C=O) groups is 1. The van der Waals surface area contributed by atoms with Crippen LogP contribution < -0.4 is 0 Å². The summed E-state index contributed by atoms with van der Waals surface area (Å²) in [6, 6.07) is 5.07. The Kier molecular flexibility index (Phi) is 4.63. The summed E-state index contributed by atoms with van der Waals surface area (Å²) in [5.41, 5.74) is 1.56. The van der Waals surface area contributed by atoms with E-state index in [1.165, 1.54) is 0 Å². The van der Waals surface area contributed by atoms with Gasteiger partial charge in [-0.05, 0) is 27.8 Å². The van der Waals surface area contributed by atoms with Crippen LogP contribution >= 0.6 is 15.9 Å². The topological polar surface area (TPSA) is 100 Å². The molecule has 0 aliphatic heterocycles. The van der Waals surface area contributed by atoms with Gasteiger partial charge in [-0.3, -0.25) is 4.79 Å². The van der Waals surface area contributed by atoms with E-state index in [0.29, 0.717) is 33.1 Å². The molecule has 3 aliphatic rings. The molecule has 0 saturated heterocycles. The number of nitriles is 1. The van der Waals surface area contributed by atoms with Gasteiger partial charge in [0.15, 0.2) is 17.4 Å². The molecule has 6 nitrogen and oxygen atoms in total. The van der Waals surface area contributed by atoms with Crippen LogP contribution in [0.3, 0.4) is 0 Å². The number of nitrogens with one attached hydrogen (secondary N) is 1. The van der Waals surface area contributed by atoms with Gasteiger partial charge in [-0.2, -0.15) is 13.7 Å². The lowest BCUT2D eigenvalue weighted by Crippen LogP contribution is -2.31. The minimum absolute atomic E-state index is 0.00924. The van der Waals surface area contributed by atoms with Crippen LogP contribution in [0, 0.1) is 23.0 Å². The number of aromatic amines is 1. The molecule has 0 unspecified atom stereocenters. The number of aromatic nitrogens is 1. The first-order valence-electron chi connectivity index (χ1n) is 8.71. The van der Waals surface area contributed by atoms with Gasteiger partial charge in [0.05, 0.1) is 17.3 Å². The first kappa shape index (κ1) is 21.5. The maximum Gasteiger partial charge on any atom is 0.295 e. The summed E-state index contributed by atoms with van der Waals surface area (Å²) in [7, 11) is -3.83. The molecule has 2 aromatic carbocycles. The van der Waals surface area contributed by atoms with Gasteiger partial charge in [0.1, 0.15) is 11.6 Å². The predicted molar refractivity (Wildman–Crippen MR) is 109 cm³/mol. The summed E-state index contributed by atoms with van der Waals surface area (Å²) in [4.78, 5) is 16.1. The van der Waals surface area contributed by atoms with E-state index < -0.39 is 32.7 Å². The van der Waals surface area contributed by atoms with Crippen LogP contribution in [0.4, 0.5) is 13.3 Å². The Hall–Kier alpha value is -2.68. The molecule has 0 radical (unpaired) electrons. The molecule has 0 amide bonds. The second kappa shape index (κ2) is 6.66. The summed E-state index contributed by atoms with van der Waals surface area (Å²) in [5.74, 6) is -2.15. The van der Waals surface area contributed by atoms with Crippen molar-refractivity contribution in [1.29, 1.82) is 5.26 Å². The normalized spacial score (nSPS) is 15.0. The summed E-state index contributed by atoms with van der Waals surface area (Å²) in [5, 5.41) is 9.45. The molecule has 0 fully saturated rings. The zero-order valence-corrected chi connectivity index (χ0v) is 18.6. The van der Waals surface area contributed by atoms with Gasteiger partial charge in [0, 0.05) is 32.1 Å². The first-order valence-corrected chi connectivity index (χ1v) is 11.3. The highest BCUT2D eigenvalue weighted by Crippen LogP contribution is 2.52. The highest BCUT2D eigenvalue weighted by molar-refractivity contribution is 9.10. The molecule has 31 heavy (non-hydrogen) atoms. The molecule has 11 heteroatoms. The van der Waals surface area contributed by atoms with Crippen molar-refractivity contribution in [2.24, 2.45) is 0 Å². The highest BCUT2D eigenvalue weighted by Gasteiger charge is 2.44. The lowest BCUT2D eigenvalue weighted by atomic mass is 9.68. The Morgan fingerprint density at radius 2 is 1.77 bits per heavy atom. The number of fused-ring (bicyclic) bond motifs is 1. The molecule has 6 bridgehead atoms. The van der Waals surface area contributed by atoms with Gasteiger partial charge in [0.2, 0.25) is 0 Å². The fourth-order valence-corrected chi connectivity index (χ4v) is 4.70. The molecule has 0 spiro atoms. The van der Waals surface area contributed by atoms with Crippen LogP contribution in [0.15, 0.2) is 16.6 Å². The zero-order valence-electron chi connectivity index (χ0n) is 16.2. The molecule has 6 rings (SSSR count). The van der Waals surface area contributed by atoms with E-state index in [-0.39, 0.29) is 22.2 Å². The maximum absolute atomic E-state index is 15.1. The lowest BCUT2D eigenvalue weighted by Gasteiger charge is -2.34. The molecule has 1 aromatic heterocycles. The number of nitrogens with zero attached hydrogens (tertiary/aromatic N) is 1.